The SMILES string of the molecule is CC(O)Cn1ccc(-c2cccc([C@@]34CC[C@@H](c5cc(-c6c(F)cccc6F)nnc53)C4(C)C)n2)n1. The molecule has 3 atom stereocenters. The summed E-state index contributed by atoms with van der Waals surface area (Å²) in [5, 5.41) is 23.2. The Morgan fingerprint density at radius 1 is 1.03 bits per heavy atom. The Morgan fingerprint density at radius 3 is 2.53 bits per heavy atom. The molecular weight excluding hydrogens is 460 g/mol. The number of hydrogen-bond acceptors (Lipinski definition) is 5. The van der Waals surface area contributed by atoms with Crippen LogP contribution in [0.2, 0.25) is 0 Å². The van der Waals surface area contributed by atoms with E-state index in [9.17, 15) is 13.9 Å². The number of fused-ring (bicyclic) bond motifs is 5. The van der Waals surface area contributed by atoms with Crippen LogP contribution in [0, 0.1) is 17.0 Å². The molecule has 6 nitrogen and oxygen atoms in total. The van der Waals surface area contributed by atoms with Crippen molar-refractivity contribution in [2.45, 2.75) is 57.6 Å². The average Bonchev–Trinajstić information content (AvgIpc) is 3.46. The molecule has 0 spiro atoms. The molecule has 2 bridgehead atoms. The van der Waals surface area contributed by atoms with E-state index in [-0.39, 0.29) is 22.6 Å². The molecular formula is C28H27F2N5O. The summed E-state index contributed by atoms with van der Waals surface area (Å²) in [5.41, 5.74) is 3.60. The lowest BCUT2D eigenvalue weighted by Gasteiger charge is -2.37. The van der Waals surface area contributed by atoms with Gasteiger partial charge in [-0.1, -0.05) is 26.0 Å². The summed E-state index contributed by atoms with van der Waals surface area (Å²) in [6, 6.07) is 13.5. The lowest BCUT2D eigenvalue weighted by molar-refractivity contribution is 0.168. The molecule has 2 aliphatic carbocycles. The number of aromatic nitrogens is 5. The molecule has 36 heavy (non-hydrogen) atoms. The number of nitrogens with zero attached hydrogens (tertiary/aromatic N) is 5. The van der Waals surface area contributed by atoms with E-state index >= 15 is 0 Å². The van der Waals surface area contributed by atoms with E-state index in [0.29, 0.717) is 6.54 Å². The van der Waals surface area contributed by atoms with Crippen molar-refractivity contribution >= 4 is 0 Å². The van der Waals surface area contributed by atoms with Gasteiger partial charge in [0.2, 0.25) is 0 Å². The van der Waals surface area contributed by atoms with Gasteiger partial charge in [0.1, 0.15) is 17.3 Å². The van der Waals surface area contributed by atoms with Crippen LogP contribution >= 0.6 is 0 Å². The normalized spacial score (nSPS) is 22.6. The first kappa shape index (κ1) is 22.9. The largest absolute Gasteiger partial charge is 0.391 e. The lowest BCUT2D eigenvalue weighted by atomic mass is 9.66. The zero-order valence-electron chi connectivity index (χ0n) is 20.4. The van der Waals surface area contributed by atoms with Gasteiger partial charge in [0.15, 0.2) is 0 Å². The highest BCUT2D eigenvalue weighted by molar-refractivity contribution is 5.64. The maximum absolute atomic E-state index is 14.5. The number of pyridine rings is 1. The minimum absolute atomic E-state index is 0.143. The average molecular weight is 488 g/mol. The van der Waals surface area contributed by atoms with Gasteiger partial charge in [-0.3, -0.25) is 9.67 Å². The van der Waals surface area contributed by atoms with Crippen LogP contribution in [0.15, 0.2) is 54.7 Å². The smallest absolute Gasteiger partial charge is 0.135 e. The van der Waals surface area contributed by atoms with Gasteiger partial charge in [0, 0.05) is 6.20 Å². The molecule has 0 radical (unpaired) electrons. The highest BCUT2D eigenvalue weighted by Gasteiger charge is 2.65. The Hall–Kier alpha value is -3.52. The van der Waals surface area contributed by atoms with Gasteiger partial charge in [-0.15, -0.1) is 5.10 Å². The van der Waals surface area contributed by atoms with Crippen LogP contribution in [-0.2, 0) is 12.0 Å². The van der Waals surface area contributed by atoms with E-state index in [2.05, 4.69) is 29.1 Å². The van der Waals surface area contributed by atoms with Gasteiger partial charge < -0.3 is 5.11 Å². The van der Waals surface area contributed by atoms with Crippen LogP contribution in [0.5, 0.6) is 0 Å². The molecule has 2 aliphatic rings. The molecule has 1 aromatic carbocycles. The summed E-state index contributed by atoms with van der Waals surface area (Å²) in [7, 11) is 0. The van der Waals surface area contributed by atoms with Gasteiger partial charge >= 0.3 is 0 Å². The molecule has 0 aliphatic heterocycles. The van der Waals surface area contributed by atoms with Crippen molar-refractivity contribution in [3.8, 4) is 22.6 Å². The quantitative estimate of drug-likeness (QED) is 0.415. The third-order valence-electron chi connectivity index (χ3n) is 8.14. The number of aliphatic hydroxyl groups is 1. The number of hydrogen-bond donors (Lipinski definition) is 1. The monoisotopic (exact) mass is 487 g/mol. The van der Waals surface area contributed by atoms with Crippen LogP contribution in [-0.4, -0.2) is 36.2 Å². The van der Waals surface area contributed by atoms with Crippen molar-refractivity contribution in [3.05, 3.63) is 83.3 Å². The van der Waals surface area contributed by atoms with Gasteiger partial charge in [-0.2, -0.15) is 10.2 Å². The molecule has 4 aromatic rings. The van der Waals surface area contributed by atoms with Gasteiger partial charge in [0.25, 0.3) is 0 Å². The molecule has 8 heteroatoms. The first-order valence-electron chi connectivity index (χ1n) is 12.2. The van der Waals surface area contributed by atoms with E-state index in [0.717, 1.165) is 41.2 Å². The highest BCUT2D eigenvalue weighted by Crippen LogP contribution is 2.69. The fourth-order valence-corrected chi connectivity index (χ4v) is 6.44. The highest BCUT2D eigenvalue weighted by atomic mass is 19.1. The maximum Gasteiger partial charge on any atom is 0.135 e. The number of benzene rings is 1. The predicted octanol–water partition coefficient (Wildman–Crippen LogP) is 5.26. The van der Waals surface area contributed by atoms with Crippen LogP contribution in [0.25, 0.3) is 22.6 Å². The first-order chi connectivity index (χ1) is 17.2. The van der Waals surface area contributed by atoms with Crippen molar-refractivity contribution in [2.75, 3.05) is 0 Å². The van der Waals surface area contributed by atoms with Crippen molar-refractivity contribution in [1.82, 2.24) is 25.0 Å². The second-order valence-electron chi connectivity index (χ2n) is 10.5. The Bertz CT molecular complexity index is 1460. The number of aliphatic hydroxyl groups excluding tert-OH is 1. The fraction of sp³-hybridized carbons (Fsp3) is 0.357. The summed E-state index contributed by atoms with van der Waals surface area (Å²) >= 11 is 0. The van der Waals surface area contributed by atoms with Crippen LogP contribution in [0.4, 0.5) is 8.78 Å². The van der Waals surface area contributed by atoms with E-state index in [1.807, 2.05) is 36.5 Å². The lowest BCUT2D eigenvalue weighted by Crippen LogP contribution is -2.37. The summed E-state index contributed by atoms with van der Waals surface area (Å²) < 4.78 is 30.7. The Labute approximate surface area is 208 Å². The van der Waals surface area contributed by atoms with E-state index in [1.165, 1.54) is 18.2 Å². The summed E-state index contributed by atoms with van der Waals surface area (Å²) in [6.45, 7) is 6.58. The molecule has 1 saturated carbocycles. The van der Waals surface area contributed by atoms with Crippen LogP contribution < -0.4 is 0 Å². The Kier molecular flexibility index (Phi) is 5.09. The van der Waals surface area contributed by atoms with Crippen LogP contribution in [0.3, 0.4) is 0 Å². The van der Waals surface area contributed by atoms with Crippen molar-refractivity contribution in [3.63, 3.8) is 0 Å². The van der Waals surface area contributed by atoms with Crippen molar-refractivity contribution in [2.24, 2.45) is 5.41 Å². The van der Waals surface area contributed by atoms with E-state index in [1.54, 1.807) is 11.6 Å². The molecule has 1 fully saturated rings. The van der Waals surface area contributed by atoms with Crippen LogP contribution in [0.1, 0.15) is 56.5 Å². The van der Waals surface area contributed by atoms with E-state index in [4.69, 9.17) is 4.98 Å². The maximum atomic E-state index is 14.5. The number of rotatable bonds is 5. The second kappa shape index (κ2) is 8.00. The first-order valence-corrected chi connectivity index (χ1v) is 12.2. The van der Waals surface area contributed by atoms with Crippen molar-refractivity contribution < 1.29 is 13.9 Å². The molecule has 3 heterocycles. The van der Waals surface area contributed by atoms with Gasteiger partial charge in [0.05, 0.1) is 46.4 Å². The fourth-order valence-electron chi connectivity index (χ4n) is 6.44. The summed E-state index contributed by atoms with van der Waals surface area (Å²) in [6.07, 6.45) is 3.14. The van der Waals surface area contributed by atoms with Gasteiger partial charge in [-0.25, -0.2) is 8.78 Å². The molecule has 0 amide bonds. The topological polar surface area (TPSA) is 76.7 Å². The minimum atomic E-state index is -0.647. The molecule has 1 N–H and O–H groups in total. The van der Waals surface area contributed by atoms with E-state index < -0.39 is 23.2 Å². The third-order valence-corrected chi connectivity index (χ3v) is 8.14. The molecule has 184 valence electrons. The molecule has 6 rings (SSSR count). The zero-order chi connectivity index (χ0) is 25.2. The van der Waals surface area contributed by atoms with Crippen molar-refractivity contribution in [1.29, 1.82) is 0 Å². The standard InChI is InChI=1S/C28H27F2N5O/c1-16(36)15-35-13-11-22(34-35)21-8-5-9-24(31-21)28-12-10-18(27(28,2)3)17-14-23(32-33-26(17)28)25-19(29)6-4-7-20(25)30/h4-9,11,13-14,16,18,36H,10,12,15H2,1-3H3/t16?,18-,28-/m0/s1. The Morgan fingerprint density at radius 2 is 1.78 bits per heavy atom. The minimum Gasteiger partial charge on any atom is -0.391 e. The van der Waals surface area contributed by atoms with Gasteiger partial charge in [-0.05, 0) is 73.1 Å². The number of halogens is 2. The Balaban J connectivity index is 1.46. The third kappa shape index (κ3) is 3.17. The summed E-state index contributed by atoms with van der Waals surface area (Å²) in [4.78, 5) is 5.06. The molecule has 1 unspecified atom stereocenters. The predicted molar refractivity (Wildman–Crippen MR) is 131 cm³/mol. The summed E-state index contributed by atoms with van der Waals surface area (Å²) in [5.74, 6) is -1.12. The molecule has 3 aromatic heterocycles. The zero-order valence-corrected chi connectivity index (χ0v) is 20.4. The molecule has 0 saturated heterocycles. The second-order valence-corrected chi connectivity index (χ2v) is 10.5.